The molecule has 3 heteroatoms. The van der Waals surface area contributed by atoms with Gasteiger partial charge in [0.1, 0.15) is 11.8 Å². The van der Waals surface area contributed by atoms with Crippen molar-refractivity contribution in [1.29, 1.82) is 5.26 Å². The lowest BCUT2D eigenvalue weighted by Crippen LogP contribution is -2.21. The molecule has 16 heavy (non-hydrogen) atoms. The van der Waals surface area contributed by atoms with Crippen LogP contribution in [0, 0.1) is 17.2 Å². The average molecular weight is 218 g/mol. The highest BCUT2D eigenvalue weighted by atomic mass is 16.5. The standard InChI is InChI=1S/C13H18N2O/c1-10(2)11(3)15-12-4-6-13(7-5-12)16-9-8-14/h4-7,10-11,15H,9H2,1-3H3. The molecule has 0 saturated carbocycles. The maximum absolute atomic E-state index is 8.37. The number of rotatable bonds is 5. The van der Waals surface area contributed by atoms with E-state index in [1.165, 1.54) is 0 Å². The summed E-state index contributed by atoms with van der Waals surface area (Å²) in [6.07, 6.45) is 0. The topological polar surface area (TPSA) is 45.0 Å². The molecule has 86 valence electrons. The number of nitrogens with zero attached hydrogens (tertiary/aromatic N) is 1. The first-order valence-corrected chi connectivity index (χ1v) is 5.50. The maximum Gasteiger partial charge on any atom is 0.174 e. The second-order valence-electron chi connectivity index (χ2n) is 4.15. The Bertz CT molecular complexity index is 351. The molecule has 0 radical (unpaired) electrons. The first kappa shape index (κ1) is 12.4. The molecule has 0 spiro atoms. The van der Waals surface area contributed by atoms with Gasteiger partial charge in [-0.2, -0.15) is 5.26 Å². The molecule has 0 aliphatic rings. The Kier molecular flexibility index (Phi) is 4.65. The minimum absolute atomic E-state index is 0.0924. The van der Waals surface area contributed by atoms with E-state index < -0.39 is 0 Å². The second kappa shape index (κ2) is 6.02. The molecular formula is C13H18N2O. The van der Waals surface area contributed by atoms with E-state index in [-0.39, 0.29) is 6.61 Å². The highest BCUT2D eigenvalue weighted by molar-refractivity contribution is 5.47. The fraction of sp³-hybridized carbons (Fsp3) is 0.462. The molecule has 1 rings (SSSR count). The zero-order valence-corrected chi connectivity index (χ0v) is 10.0. The van der Waals surface area contributed by atoms with Crippen LogP contribution in [0.1, 0.15) is 20.8 Å². The van der Waals surface area contributed by atoms with Gasteiger partial charge in [-0.1, -0.05) is 13.8 Å². The van der Waals surface area contributed by atoms with Crippen molar-refractivity contribution < 1.29 is 4.74 Å². The second-order valence-corrected chi connectivity index (χ2v) is 4.15. The van der Waals surface area contributed by atoms with Crippen LogP contribution < -0.4 is 10.1 Å². The summed E-state index contributed by atoms with van der Waals surface area (Å²) in [4.78, 5) is 0. The number of nitrogens with one attached hydrogen (secondary N) is 1. The predicted molar refractivity (Wildman–Crippen MR) is 65.5 cm³/mol. The van der Waals surface area contributed by atoms with Crippen LogP contribution in [0.25, 0.3) is 0 Å². The molecule has 0 saturated heterocycles. The third kappa shape index (κ3) is 3.82. The number of ether oxygens (including phenoxy) is 1. The molecule has 3 nitrogen and oxygen atoms in total. The van der Waals surface area contributed by atoms with Gasteiger partial charge in [0.15, 0.2) is 6.61 Å². The van der Waals surface area contributed by atoms with E-state index in [4.69, 9.17) is 10.00 Å². The Hall–Kier alpha value is -1.69. The fourth-order valence-corrected chi connectivity index (χ4v) is 1.19. The van der Waals surface area contributed by atoms with Crippen molar-refractivity contribution in [3.05, 3.63) is 24.3 Å². The Morgan fingerprint density at radius 2 is 1.88 bits per heavy atom. The summed E-state index contributed by atoms with van der Waals surface area (Å²) in [6.45, 7) is 6.62. The smallest absolute Gasteiger partial charge is 0.174 e. The van der Waals surface area contributed by atoms with Gasteiger partial charge in [-0.25, -0.2) is 0 Å². The lowest BCUT2D eigenvalue weighted by molar-refractivity contribution is 0.368. The number of hydrogen-bond donors (Lipinski definition) is 1. The van der Waals surface area contributed by atoms with Crippen molar-refractivity contribution in [2.24, 2.45) is 5.92 Å². The molecule has 1 aromatic rings. The van der Waals surface area contributed by atoms with Crippen LogP contribution in [0.2, 0.25) is 0 Å². The molecule has 0 aliphatic carbocycles. The van der Waals surface area contributed by atoms with Crippen LogP contribution in [0.4, 0.5) is 5.69 Å². The van der Waals surface area contributed by atoms with Gasteiger partial charge in [0.05, 0.1) is 0 Å². The highest BCUT2D eigenvalue weighted by Crippen LogP contribution is 2.17. The Morgan fingerprint density at radius 1 is 1.25 bits per heavy atom. The van der Waals surface area contributed by atoms with Gasteiger partial charge in [-0.05, 0) is 37.1 Å². The van der Waals surface area contributed by atoms with E-state index in [2.05, 4.69) is 26.1 Å². The molecule has 0 heterocycles. The lowest BCUT2D eigenvalue weighted by Gasteiger charge is -2.18. The summed E-state index contributed by atoms with van der Waals surface area (Å²) in [5.41, 5.74) is 1.07. The molecule has 1 atom stereocenters. The van der Waals surface area contributed by atoms with Crippen molar-refractivity contribution >= 4 is 5.69 Å². The number of hydrogen-bond acceptors (Lipinski definition) is 3. The van der Waals surface area contributed by atoms with Gasteiger partial charge in [-0.3, -0.25) is 0 Å². The number of benzene rings is 1. The number of anilines is 1. The maximum atomic E-state index is 8.37. The van der Waals surface area contributed by atoms with Crippen molar-refractivity contribution in [3.8, 4) is 11.8 Å². The van der Waals surface area contributed by atoms with Gasteiger partial charge in [0.25, 0.3) is 0 Å². The minimum atomic E-state index is 0.0924. The van der Waals surface area contributed by atoms with Gasteiger partial charge in [0.2, 0.25) is 0 Å². The third-order valence-corrected chi connectivity index (χ3v) is 2.55. The van der Waals surface area contributed by atoms with E-state index in [1.54, 1.807) is 0 Å². The molecule has 1 N–H and O–H groups in total. The van der Waals surface area contributed by atoms with Gasteiger partial charge in [-0.15, -0.1) is 0 Å². The van der Waals surface area contributed by atoms with Crippen LogP contribution in [0.5, 0.6) is 5.75 Å². The summed E-state index contributed by atoms with van der Waals surface area (Å²) in [5, 5.41) is 11.8. The van der Waals surface area contributed by atoms with Crippen LogP contribution in [-0.2, 0) is 0 Å². The van der Waals surface area contributed by atoms with Gasteiger partial charge < -0.3 is 10.1 Å². The highest BCUT2D eigenvalue weighted by Gasteiger charge is 2.06. The minimum Gasteiger partial charge on any atom is -0.479 e. The zero-order valence-electron chi connectivity index (χ0n) is 10.0. The van der Waals surface area contributed by atoms with Crippen LogP contribution in [0.15, 0.2) is 24.3 Å². The summed E-state index contributed by atoms with van der Waals surface area (Å²) >= 11 is 0. The normalized spacial score (nSPS) is 11.9. The molecule has 0 aromatic heterocycles. The average Bonchev–Trinajstić information content (AvgIpc) is 2.28. The van der Waals surface area contributed by atoms with E-state index in [0.717, 1.165) is 11.4 Å². The zero-order chi connectivity index (χ0) is 12.0. The monoisotopic (exact) mass is 218 g/mol. The van der Waals surface area contributed by atoms with Gasteiger partial charge >= 0.3 is 0 Å². The van der Waals surface area contributed by atoms with Crippen LogP contribution in [0.3, 0.4) is 0 Å². The van der Waals surface area contributed by atoms with Crippen molar-refractivity contribution in [1.82, 2.24) is 0 Å². The summed E-state index contributed by atoms with van der Waals surface area (Å²) in [6, 6.07) is 10.0. The van der Waals surface area contributed by atoms with Crippen molar-refractivity contribution in [3.63, 3.8) is 0 Å². The van der Waals surface area contributed by atoms with E-state index in [0.29, 0.717) is 12.0 Å². The molecule has 1 aromatic carbocycles. The molecule has 0 amide bonds. The van der Waals surface area contributed by atoms with E-state index >= 15 is 0 Å². The van der Waals surface area contributed by atoms with E-state index in [1.807, 2.05) is 30.3 Å². The van der Waals surface area contributed by atoms with Crippen molar-refractivity contribution in [2.75, 3.05) is 11.9 Å². The Balaban J connectivity index is 2.55. The molecule has 1 unspecified atom stereocenters. The Morgan fingerprint density at radius 3 is 2.38 bits per heavy atom. The SMILES string of the molecule is CC(C)C(C)Nc1ccc(OCC#N)cc1. The van der Waals surface area contributed by atoms with Crippen molar-refractivity contribution in [2.45, 2.75) is 26.8 Å². The number of nitriles is 1. The van der Waals surface area contributed by atoms with Crippen LogP contribution in [-0.4, -0.2) is 12.6 Å². The molecular weight excluding hydrogens is 200 g/mol. The van der Waals surface area contributed by atoms with Crippen LogP contribution >= 0.6 is 0 Å². The summed E-state index contributed by atoms with van der Waals surface area (Å²) in [5.74, 6) is 1.32. The predicted octanol–water partition coefficient (Wildman–Crippen LogP) is 3.05. The molecule has 0 bridgehead atoms. The lowest BCUT2D eigenvalue weighted by atomic mass is 10.1. The fourth-order valence-electron chi connectivity index (χ4n) is 1.19. The first-order valence-electron chi connectivity index (χ1n) is 5.50. The quantitative estimate of drug-likeness (QED) is 0.826. The largest absolute Gasteiger partial charge is 0.479 e. The molecule has 0 fully saturated rings. The summed E-state index contributed by atoms with van der Waals surface area (Å²) < 4.78 is 5.17. The summed E-state index contributed by atoms with van der Waals surface area (Å²) in [7, 11) is 0. The van der Waals surface area contributed by atoms with E-state index in [9.17, 15) is 0 Å². The molecule has 0 aliphatic heterocycles. The Labute approximate surface area is 97.0 Å². The first-order chi connectivity index (χ1) is 7.63. The van der Waals surface area contributed by atoms with Gasteiger partial charge in [0, 0.05) is 11.7 Å². The third-order valence-electron chi connectivity index (χ3n) is 2.55.